The molecule has 2 N–H and O–H groups in total. The number of nitrogens with zero attached hydrogens (tertiary/aromatic N) is 6. The highest BCUT2D eigenvalue weighted by Gasteiger charge is 2.15. The van der Waals surface area contributed by atoms with Crippen LogP contribution in [0.2, 0.25) is 0 Å². The van der Waals surface area contributed by atoms with Gasteiger partial charge < -0.3 is 5.32 Å². The van der Waals surface area contributed by atoms with Crippen molar-refractivity contribution < 1.29 is 4.79 Å². The summed E-state index contributed by atoms with van der Waals surface area (Å²) >= 11 is 2.86. The van der Waals surface area contributed by atoms with Crippen LogP contribution in [0.15, 0.2) is 70.3 Å². The number of anilines is 1. The molecule has 0 saturated heterocycles. The molecule has 0 saturated carbocycles. The first-order valence-corrected chi connectivity index (χ1v) is 10.8. The molecular formula is C19H18N8OS2. The zero-order chi connectivity index (χ0) is 20.8. The fraction of sp³-hybridized carbons (Fsp3) is 0.158. The molecule has 152 valence electrons. The lowest BCUT2D eigenvalue weighted by atomic mass is 10.2. The summed E-state index contributed by atoms with van der Waals surface area (Å²) in [5.41, 5.74) is 1.78. The van der Waals surface area contributed by atoms with Gasteiger partial charge in [0.1, 0.15) is 16.4 Å². The van der Waals surface area contributed by atoms with Crippen molar-refractivity contribution in [2.75, 3.05) is 5.32 Å². The van der Waals surface area contributed by atoms with Gasteiger partial charge in [0.15, 0.2) is 11.0 Å². The van der Waals surface area contributed by atoms with E-state index in [1.807, 2.05) is 18.2 Å². The maximum Gasteiger partial charge on any atom is 0.231 e. The molecule has 30 heavy (non-hydrogen) atoms. The van der Waals surface area contributed by atoms with Gasteiger partial charge >= 0.3 is 0 Å². The molecule has 0 aliphatic carbocycles. The smallest absolute Gasteiger partial charge is 0.231 e. The summed E-state index contributed by atoms with van der Waals surface area (Å²) in [4.78, 5) is 25.9. The Labute approximate surface area is 181 Å². The highest BCUT2D eigenvalue weighted by atomic mass is 32.2. The van der Waals surface area contributed by atoms with E-state index in [0.717, 1.165) is 10.8 Å². The number of aromatic nitrogens is 7. The van der Waals surface area contributed by atoms with Gasteiger partial charge in [-0.15, -0.1) is 0 Å². The molecule has 0 aliphatic heterocycles. The standard InChI is InChI=1S/C19H18N8OS2/c1-27-8-7-15(26-27)24-16(28)9-14-18(29-11-13-5-3-2-4-6-13)20-10-17(23-14)30-19-21-12-22-25-19/h2-8,10,12H,9,11H2,1H3,(H,21,22,25)(H,24,26,28). The molecule has 4 aromatic rings. The van der Waals surface area contributed by atoms with Crippen LogP contribution >= 0.6 is 23.5 Å². The lowest BCUT2D eigenvalue weighted by Crippen LogP contribution is -2.17. The molecule has 0 fully saturated rings. The topological polar surface area (TPSA) is 114 Å². The number of H-pyrrole nitrogens is 1. The number of carbonyl (C=O) groups excluding carboxylic acids is 1. The van der Waals surface area contributed by atoms with E-state index in [0.29, 0.717) is 21.7 Å². The zero-order valence-electron chi connectivity index (χ0n) is 16.0. The predicted octanol–water partition coefficient (Wildman–Crippen LogP) is 2.95. The SMILES string of the molecule is Cn1ccc(NC(=O)Cc2nc(Sc3ncn[nH]3)cnc2SCc2ccccc2)n1. The molecule has 0 bridgehead atoms. The molecule has 0 aliphatic rings. The fourth-order valence-electron chi connectivity index (χ4n) is 2.57. The predicted molar refractivity (Wildman–Crippen MR) is 114 cm³/mol. The molecule has 3 heterocycles. The maximum atomic E-state index is 12.6. The van der Waals surface area contributed by atoms with Gasteiger partial charge in [-0.2, -0.15) is 10.2 Å². The van der Waals surface area contributed by atoms with E-state index in [4.69, 9.17) is 0 Å². The van der Waals surface area contributed by atoms with Crippen LogP contribution in [0.1, 0.15) is 11.3 Å². The van der Waals surface area contributed by atoms with Crippen molar-refractivity contribution in [1.29, 1.82) is 0 Å². The largest absolute Gasteiger partial charge is 0.309 e. The molecule has 11 heteroatoms. The number of aryl methyl sites for hydroxylation is 1. The summed E-state index contributed by atoms with van der Waals surface area (Å²) in [5, 5.41) is 15.6. The lowest BCUT2D eigenvalue weighted by molar-refractivity contribution is -0.115. The van der Waals surface area contributed by atoms with E-state index in [1.54, 1.807) is 42.0 Å². The van der Waals surface area contributed by atoms with Crippen molar-refractivity contribution in [3.8, 4) is 0 Å². The molecular weight excluding hydrogens is 420 g/mol. The Morgan fingerprint density at radius 2 is 2.07 bits per heavy atom. The van der Waals surface area contributed by atoms with Crippen molar-refractivity contribution in [2.45, 2.75) is 27.4 Å². The van der Waals surface area contributed by atoms with Crippen molar-refractivity contribution in [1.82, 2.24) is 34.9 Å². The van der Waals surface area contributed by atoms with Crippen molar-refractivity contribution in [3.63, 3.8) is 0 Å². The average Bonchev–Trinajstić information content (AvgIpc) is 3.40. The summed E-state index contributed by atoms with van der Waals surface area (Å²) in [7, 11) is 1.80. The molecule has 0 radical (unpaired) electrons. The lowest BCUT2D eigenvalue weighted by Gasteiger charge is -2.09. The monoisotopic (exact) mass is 438 g/mol. The third-order valence-corrected chi connectivity index (χ3v) is 5.79. The van der Waals surface area contributed by atoms with Crippen LogP contribution in [-0.4, -0.2) is 40.8 Å². The Morgan fingerprint density at radius 1 is 1.20 bits per heavy atom. The average molecular weight is 439 g/mol. The Kier molecular flexibility index (Phi) is 6.40. The molecule has 0 atom stereocenters. The van der Waals surface area contributed by atoms with Crippen molar-refractivity contribution in [2.24, 2.45) is 7.05 Å². The number of hydrogen-bond donors (Lipinski definition) is 2. The van der Waals surface area contributed by atoms with Crippen molar-refractivity contribution >= 4 is 35.2 Å². The zero-order valence-corrected chi connectivity index (χ0v) is 17.7. The second kappa shape index (κ2) is 9.55. The van der Waals surface area contributed by atoms with E-state index in [-0.39, 0.29) is 12.3 Å². The first-order valence-electron chi connectivity index (χ1n) is 9.01. The Bertz CT molecular complexity index is 1110. The second-order valence-corrected chi connectivity index (χ2v) is 8.20. The first kappa shape index (κ1) is 20.1. The van der Waals surface area contributed by atoms with Crippen LogP contribution in [0.4, 0.5) is 5.82 Å². The van der Waals surface area contributed by atoms with Gasteiger partial charge in [-0.25, -0.2) is 15.0 Å². The number of thioether (sulfide) groups is 1. The summed E-state index contributed by atoms with van der Waals surface area (Å²) < 4.78 is 1.63. The Balaban J connectivity index is 1.52. The quantitative estimate of drug-likeness (QED) is 0.404. The van der Waals surface area contributed by atoms with Crippen LogP contribution in [0, 0.1) is 0 Å². The van der Waals surface area contributed by atoms with Crippen LogP contribution in [0.3, 0.4) is 0 Å². The van der Waals surface area contributed by atoms with Gasteiger partial charge in [0.25, 0.3) is 0 Å². The normalized spacial score (nSPS) is 10.8. The number of amides is 1. The van der Waals surface area contributed by atoms with E-state index in [1.165, 1.54) is 23.7 Å². The van der Waals surface area contributed by atoms with Crippen molar-refractivity contribution in [3.05, 3.63) is 66.4 Å². The number of rotatable bonds is 8. The molecule has 0 spiro atoms. The Hall–Kier alpha value is -3.18. The Morgan fingerprint density at radius 3 is 2.80 bits per heavy atom. The summed E-state index contributed by atoms with van der Waals surface area (Å²) in [6.45, 7) is 0. The number of hydrogen-bond acceptors (Lipinski definition) is 8. The summed E-state index contributed by atoms with van der Waals surface area (Å²) in [5.74, 6) is 1.03. The van der Waals surface area contributed by atoms with Gasteiger partial charge in [-0.3, -0.25) is 14.6 Å². The van der Waals surface area contributed by atoms with Gasteiger partial charge in [0.2, 0.25) is 5.91 Å². The molecule has 3 aromatic heterocycles. The molecule has 4 rings (SSSR count). The number of nitrogens with one attached hydrogen (secondary N) is 2. The highest BCUT2D eigenvalue weighted by Crippen LogP contribution is 2.28. The molecule has 1 amide bonds. The van der Waals surface area contributed by atoms with E-state index in [9.17, 15) is 4.79 Å². The third kappa shape index (κ3) is 5.45. The van der Waals surface area contributed by atoms with E-state index >= 15 is 0 Å². The maximum absolute atomic E-state index is 12.6. The number of carbonyl (C=O) groups is 1. The number of aromatic amines is 1. The van der Waals surface area contributed by atoms with E-state index in [2.05, 4.69) is 47.7 Å². The number of benzene rings is 1. The summed E-state index contributed by atoms with van der Waals surface area (Å²) in [6.07, 6.45) is 4.97. The van der Waals surface area contributed by atoms with Crippen LogP contribution < -0.4 is 5.32 Å². The van der Waals surface area contributed by atoms with Gasteiger partial charge in [0, 0.05) is 25.1 Å². The third-order valence-electron chi connectivity index (χ3n) is 3.91. The molecule has 1 aromatic carbocycles. The van der Waals surface area contributed by atoms with Crippen LogP contribution in [-0.2, 0) is 24.0 Å². The molecule has 9 nitrogen and oxygen atoms in total. The van der Waals surface area contributed by atoms with Gasteiger partial charge in [-0.1, -0.05) is 42.1 Å². The van der Waals surface area contributed by atoms with Gasteiger partial charge in [-0.05, 0) is 17.3 Å². The highest BCUT2D eigenvalue weighted by molar-refractivity contribution is 7.99. The second-order valence-electron chi connectivity index (χ2n) is 6.23. The minimum atomic E-state index is -0.202. The minimum absolute atomic E-state index is 0.0888. The molecule has 0 unspecified atom stereocenters. The first-order chi connectivity index (χ1) is 14.7. The summed E-state index contributed by atoms with van der Waals surface area (Å²) in [6, 6.07) is 11.8. The fourth-order valence-corrected chi connectivity index (χ4v) is 4.14. The van der Waals surface area contributed by atoms with Crippen LogP contribution in [0.5, 0.6) is 0 Å². The minimum Gasteiger partial charge on any atom is -0.309 e. The van der Waals surface area contributed by atoms with E-state index < -0.39 is 0 Å². The van der Waals surface area contributed by atoms with Gasteiger partial charge in [0.05, 0.1) is 18.3 Å². The van der Waals surface area contributed by atoms with Crippen LogP contribution in [0.25, 0.3) is 0 Å².